The third-order valence-corrected chi connectivity index (χ3v) is 4.68. The Morgan fingerprint density at radius 3 is 2.10 bits per heavy atom. The van der Waals surface area contributed by atoms with Crippen molar-refractivity contribution in [2.24, 2.45) is 0 Å². The van der Waals surface area contributed by atoms with E-state index in [4.69, 9.17) is 4.74 Å². The second kappa shape index (κ2) is 6.59. The fraction of sp³-hybridized carbons (Fsp3) is 0.200. The Balaban J connectivity index is 2.39. The van der Waals surface area contributed by atoms with E-state index in [0.29, 0.717) is 0 Å². The predicted octanol–water partition coefficient (Wildman–Crippen LogP) is 5.18. The highest BCUT2D eigenvalue weighted by atomic mass is 79.9. The Hall–Kier alpha value is -1.07. The molecule has 0 aliphatic carbocycles. The number of alkyl halides is 1. The lowest BCUT2D eigenvalue weighted by molar-refractivity contribution is 0.405. The lowest BCUT2D eigenvalue weighted by atomic mass is 10.0. The van der Waals surface area contributed by atoms with Crippen LogP contribution in [0.15, 0.2) is 41.3 Å². The van der Waals surface area contributed by atoms with Crippen LogP contribution in [0.5, 0.6) is 5.75 Å². The van der Waals surface area contributed by atoms with Crippen LogP contribution >= 0.6 is 27.7 Å². The molecule has 0 aromatic heterocycles. The first-order valence-corrected chi connectivity index (χ1v) is 8.01. The number of methoxy groups -OCH3 is 1. The van der Waals surface area contributed by atoms with E-state index in [9.17, 15) is 8.78 Å². The van der Waals surface area contributed by atoms with Gasteiger partial charge in [-0.05, 0) is 24.0 Å². The van der Waals surface area contributed by atoms with Gasteiger partial charge < -0.3 is 4.74 Å². The molecule has 0 heterocycles. The van der Waals surface area contributed by atoms with Crippen LogP contribution in [0.1, 0.15) is 16.0 Å². The number of halogens is 3. The van der Waals surface area contributed by atoms with E-state index in [2.05, 4.69) is 15.9 Å². The summed E-state index contributed by atoms with van der Waals surface area (Å²) >= 11 is 4.98. The molecule has 2 aromatic carbocycles. The highest BCUT2D eigenvalue weighted by molar-refractivity contribution is 9.09. The third-order valence-electron chi connectivity index (χ3n) is 2.95. The maximum absolute atomic E-state index is 14.0. The molecule has 106 valence electrons. The van der Waals surface area contributed by atoms with Gasteiger partial charge in [0.25, 0.3) is 0 Å². The van der Waals surface area contributed by atoms with Gasteiger partial charge in [-0.15, -0.1) is 11.8 Å². The summed E-state index contributed by atoms with van der Waals surface area (Å²) in [6.07, 6.45) is 1.98. The maximum atomic E-state index is 14.0. The summed E-state index contributed by atoms with van der Waals surface area (Å²) in [5, 5.41) is 0. The first-order valence-electron chi connectivity index (χ1n) is 5.87. The van der Waals surface area contributed by atoms with E-state index in [1.54, 1.807) is 11.8 Å². The van der Waals surface area contributed by atoms with Gasteiger partial charge in [-0.1, -0.05) is 28.1 Å². The largest absolute Gasteiger partial charge is 0.497 e. The number of hydrogen-bond donors (Lipinski definition) is 0. The molecule has 0 radical (unpaired) electrons. The normalized spacial score (nSPS) is 12.2. The molecule has 20 heavy (non-hydrogen) atoms. The van der Waals surface area contributed by atoms with E-state index in [1.165, 1.54) is 19.2 Å². The smallest absolute Gasteiger partial charge is 0.134 e. The molecular formula is C15H13BrF2OS. The number of benzene rings is 2. The minimum atomic E-state index is -0.627. The molecule has 0 fully saturated rings. The monoisotopic (exact) mass is 358 g/mol. The summed E-state index contributed by atoms with van der Waals surface area (Å²) in [5.74, 6) is -1.09. The zero-order valence-corrected chi connectivity index (χ0v) is 13.4. The van der Waals surface area contributed by atoms with Crippen LogP contribution in [-0.4, -0.2) is 13.4 Å². The summed E-state index contributed by atoms with van der Waals surface area (Å²) in [4.78, 5) is 0.563. The first-order chi connectivity index (χ1) is 9.56. The zero-order chi connectivity index (χ0) is 14.7. The summed E-state index contributed by atoms with van der Waals surface area (Å²) in [6, 6.07) is 9.93. The minimum Gasteiger partial charge on any atom is -0.497 e. The van der Waals surface area contributed by atoms with Gasteiger partial charge in [0.2, 0.25) is 0 Å². The molecule has 2 aromatic rings. The van der Waals surface area contributed by atoms with Crippen molar-refractivity contribution < 1.29 is 13.5 Å². The van der Waals surface area contributed by atoms with Gasteiger partial charge in [-0.3, -0.25) is 0 Å². The van der Waals surface area contributed by atoms with Crippen molar-refractivity contribution in [3.05, 3.63) is 59.2 Å². The van der Waals surface area contributed by atoms with Crippen LogP contribution in [0.2, 0.25) is 0 Å². The molecule has 5 heteroatoms. The van der Waals surface area contributed by atoms with Crippen LogP contribution in [0, 0.1) is 11.6 Å². The molecule has 0 N–H and O–H groups in total. The Bertz CT molecular complexity index is 578. The average molecular weight is 359 g/mol. The molecule has 0 saturated heterocycles. The highest BCUT2D eigenvalue weighted by Gasteiger charge is 2.20. The molecule has 2 rings (SSSR count). The Labute approximate surface area is 129 Å². The molecule has 1 unspecified atom stereocenters. The third kappa shape index (κ3) is 3.15. The second-order valence-electron chi connectivity index (χ2n) is 4.14. The number of hydrogen-bond acceptors (Lipinski definition) is 2. The van der Waals surface area contributed by atoms with Crippen molar-refractivity contribution in [1.82, 2.24) is 0 Å². The van der Waals surface area contributed by atoms with E-state index in [0.717, 1.165) is 10.5 Å². The molecule has 0 spiro atoms. The molecule has 0 saturated carbocycles. The van der Waals surface area contributed by atoms with Crippen LogP contribution < -0.4 is 4.74 Å². The van der Waals surface area contributed by atoms with Crippen molar-refractivity contribution in [2.75, 3.05) is 13.4 Å². The number of thioether (sulfide) groups is 1. The molecule has 1 atom stereocenters. The van der Waals surface area contributed by atoms with Gasteiger partial charge in [0, 0.05) is 22.6 Å². The van der Waals surface area contributed by atoms with Gasteiger partial charge in [-0.2, -0.15) is 0 Å². The van der Waals surface area contributed by atoms with Gasteiger partial charge in [0.05, 0.1) is 11.9 Å². The minimum absolute atomic E-state index is 0.0114. The van der Waals surface area contributed by atoms with Crippen LogP contribution in [0.3, 0.4) is 0 Å². The zero-order valence-electron chi connectivity index (χ0n) is 11.0. The van der Waals surface area contributed by atoms with Crippen LogP contribution in [0.4, 0.5) is 8.78 Å². The quantitative estimate of drug-likeness (QED) is 0.550. The average Bonchev–Trinajstić information content (AvgIpc) is 2.46. The van der Waals surface area contributed by atoms with Crippen LogP contribution in [0.25, 0.3) is 0 Å². The van der Waals surface area contributed by atoms with Gasteiger partial charge in [0.15, 0.2) is 0 Å². The fourth-order valence-corrected chi connectivity index (χ4v) is 3.01. The molecule has 0 aliphatic heterocycles. The first kappa shape index (κ1) is 15.3. The SMILES string of the molecule is COc1cc(F)c(C(Br)c2ccc(SC)cc2)c(F)c1. The summed E-state index contributed by atoms with van der Waals surface area (Å²) < 4.78 is 32.9. The number of rotatable bonds is 4. The summed E-state index contributed by atoms with van der Waals surface area (Å²) in [5.41, 5.74) is 0.786. The van der Waals surface area contributed by atoms with Crippen molar-refractivity contribution in [2.45, 2.75) is 9.72 Å². The molecule has 0 aliphatic rings. The van der Waals surface area contributed by atoms with Crippen molar-refractivity contribution >= 4 is 27.7 Å². The van der Waals surface area contributed by atoms with E-state index < -0.39 is 16.5 Å². The van der Waals surface area contributed by atoms with Gasteiger partial charge in [-0.25, -0.2) is 8.78 Å². The lowest BCUT2D eigenvalue weighted by Gasteiger charge is -2.14. The topological polar surface area (TPSA) is 9.23 Å². The Kier molecular flexibility index (Phi) is 5.05. The van der Waals surface area contributed by atoms with Crippen molar-refractivity contribution in [3.63, 3.8) is 0 Å². The second-order valence-corrected chi connectivity index (χ2v) is 5.94. The Morgan fingerprint density at radius 2 is 1.65 bits per heavy atom. The fourth-order valence-electron chi connectivity index (χ4n) is 1.86. The highest BCUT2D eigenvalue weighted by Crippen LogP contribution is 2.36. The van der Waals surface area contributed by atoms with Gasteiger partial charge >= 0.3 is 0 Å². The van der Waals surface area contributed by atoms with Crippen LogP contribution in [-0.2, 0) is 0 Å². The Morgan fingerprint density at radius 1 is 1.10 bits per heavy atom. The van der Waals surface area contributed by atoms with Crippen molar-refractivity contribution in [3.8, 4) is 5.75 Å². The van der Waals surface area contributed by atoms with E-state index >= 15 is 0 Å². The summed E-state index contributed by atoms with van der Waals surface area (Å²) in [7, 11) is 1.38. The molecule has 0 bridgehead atoms. The molecular weight excluding hydrogens is 346 g/mol. The standard InChI is InChI=1S/C15H13BrF2OS/c1-19-10-7-12(17)14(13(18)8-10)15(16)9-3-5-11(20-2)6-4-9/h3-8,15H,1-2H3. The maximum Gasteiger partial charge on any atom is 0.134 e. The number of ether oxygens (including phenoxy) is 1. The molecule has 0 amide bonds. The summed E-state index contributed by atoms with van der Waals surface area (Å²) in [6.45, 7) is 0. The molecule has 1 nitrogen and oxygen atoms in total. The van der Waals surface area contributed by atoms with Gasteiger partial charge in [0.1, 0.15) is 17.4 Å². The van der Waals surface area contributed by atoms with E-state index in [-0.39, 0.29) is 11.3 Å². The van der Waals surface area contributed by atoms with Crippen molar-refractivity contribution in [1.29, 1.82) is 0 Å². The van der Waals surface area contributed by atoms with E-state index in [1.807, 2.05) is 30.5 Å². The predicted molar refractivity (Wildman–Crippen MR) is 81.9 cm³/mol. The lowest BCUT2D eigenvalue weighted by Crippen LogP contribution is -2.01.